The molecule has 0 amide bonds. The molecule has 3 rings (SSSR count). The molecule has 0 bridgehead atoms. The van der Waals surface area contributed by atoms with Gasteiger partial charge < -0.3 is 14.8 Å². The third kappa shape index (κ3) is 6.38. The number of allylic oxidation sites excluding steroid dienone is 1. The van der Waals surface area contributed by atoms with Crippen molar-refractivity contribution in [1.82, 2.24) is 0 Å². The first-order valence-corrected chi connectivity index (χ1v) is 11.4. The second-order valence-electron chi connectivity index (χ2n) is 7.60. The summed E-state index contributed by atoms with van der Waals surface area (Å²) < 4.78 is 13.3. The van der Waals surface area contributed by atoms with E-state index >= 15 is 0 Å². The van der Waals surface area contributed by atoms with Crippen LogP contribution in [0.25, 0.3) is 0 Å². The molecule has 0 aliphatic rings. The first-order chi connectivity index (χ1) is 15.0. The Kier molecular flexibility index (Phi) is 8.19. The van der Waals surface area contributed by atoms with Crippen molar-refractivity contribution < 1.29 is 9.47 Å². The highest BCUT2D eigenvalue weighted by Gasteiger charge is 2.14. The van der Waals surface area contributed by atoms with Crippen LogP contribution in [0.15, 0.2) is 71.7 Å². The van der Waals surface area contributed by atoms with Crippen LogP contribution in [0.2, 0.25) is 0 Å². The third-order valence-electron chi connectivity index (χ3n) is 5.02. The quantitative estimate of drug-likeness (QED) is 0.307. The zero-order chi connectivity index (χ0) is 22.2. The molecule has 0 aliphatic carbocycles. The molecule has 0 spiro atoms. The Labute approximate surface area is 194 Å². The number of hydrogen-bond donors (Lipinski definition) is 1. The topological polar surface area (TPSA) is 30.5 Å². The van der Waals surface area contributed by atoms with Crippen molar-refractivity contribution in [2.45, 2.75) is 40.3 Å². The van der Waals surface area contributed by atoms with Gasteiger partial charge in [-0.05, 0) is 74.2 Å². The van der Waals surface area contributed by atoms with Crippen LogP contribution in [-0.2, 0) is 19.6 Å². The van der Waals surface area contributed by atoms with E-state index in [4.69, 9.17) is 9.47 Å². The van der Waals surface area contributed by atoms with E-state index in [2.05, 4.69) is 84.1 Å². The number of rotatable bonds is 10. The van der Waals surface area contributed by atoms with Gasteiger partial charge in [-0.3, -0.25) is 0 Å². The fourth-order valence-electron chi connectivity index (χ4n) is 3.50. The van der Waals surface area contributed by atoms with E-state index in [0.29, 0.717) is 26.2 Å². The molecule has 1 N–H and O–H groups in total. The molecular weight excluding hydrogens is 450 g/mol. The van der Waals surface area contributed by atoms with E-state index in [-0.39, 0.29) is 0 Å². The van der Waals surface area contributed by atoms with E-state index in [9.17, 15) is 0 Å². The molecule has 0 fully saturated rings. The van der Waals surface area contributed by atoms with E-state index in [0.717, 1.165) is 38.3 Å². The number of aryl methyl sites for hydroxylation is 2. The van der Waals surface area contributed by atoms with Gasteiger partial charge >= 0.3 is 0 Å². The Morgan fingerprint density at radius 2 is 1.74 bits per heavy atom. The zero-order valence-electron chi connectivity index (χ0n) is 18.5. The van der Waals surface area contributed by atoms with E-state index < -0.39 is 0 Å². The van der Waals surface area contributed by atoms with Gasteiger partial charge in [0.1, 0.15) is 6.61 Å². The van der Waals surface area contributed by atoms with Gasteiger partial charge in [-0.15, -0.1) is 6.58 Å². The van der Waals surface area contributed by atoms with Crippen molar-refractivity contribution in [3.63, 3.8) is 0 Å². The number of halogens is 1. The maximum atomic E-state index is 6.24. The Morgan fingerprint density at radius 3 is 2.42 bits per heavy atom. The van der Waals surface area contributed by atoms with Gasteiger partial charge in [-0.1, -0.05) is 51.8 Å². The molecule has 0 radical (unpaired) electrons. The van der Waals surface area contributed by atoms with Gasteiger partial charge in [0.25, 0.3) is 0 Å². The van der Waals surface area contributed by atoms with E-state index in [1.807, 2.05) is 25.1 Å². The second kappa shape index (κ2) is 11.1. The summed E-state index contributed by atoms with van der Waals surface area (Å²) in [7, 11) is 0. The number of benzene rings is 3. The summed E-state index contributed by atoms with van der Waals surface area (Å²) in [5, 5.41) is 3.55. The molecule has 4 heteroatoms. The molecule has 0 saturated carbocycles. The summed E-state index contributed by atoms with van der Waals surface area (Å²) >= 11 is 3.48. The molecule has 31 heavy (non-hydrogen) atoms. The lowest BCUT2D eigenvalue weighted by molar-refractivity contribution is 0.267. The van der Waals surface area contributed by atoms with Crippen LogP contribution in [-0.4, -0.2) is 6.61 Å². The summed E-state index contributed by atoms with van der Waals surface area (Å²) in [6.45, 7) is 11.9. The lowest BCUT2D eigenvalue weighted by atomic mass is 10.0. The summed E-state index contributed by atoms with van der Waals surface area (Å²) in [6, 6.07) is 18.9. The molecule has 162 valence electrons. The van der Waals surface area contributed by atoms with Crippen LogP contribution in [0.5, 0.6) is 11.5 Å². The van der Waals surface area contributed by atoms with Gasteiger partial charge in [0, 0.05) is 22.3 Å². The van der Waals surface area contributed by atoms with Crippen molar-refractivity contribution in [2.75, 3.05) is 11.9 Å². The van der Waals surface area contributed by atoms with Crippen LogP contribution < -0.4 is 14.8 Å². The number of anilines is 1. The minimum atomic E-state index is 0.484. The van der Waals surface area contributed by atoms with Gasteiger partial charge in [0.15, 0.2) is 11.5 Å². The van der Waals surface area contributed by atoms with Gasteiger partial charge in [0.05, 0.1) is 6.61 Å². The maximum Gasteiger partial charge on any atom is 0.165 e. The van der Waals surface area contributed by atoms with Crippen molar-refractivity contribution in [3.05, 3.63) is 99.5 Å². The molecule has 3 nitrogen and oxygen atoms in total. The average Bonchev–Trinajstić information content (AvgIpc) is 2.74. The average molecular weight is 480 g/mol. The van der Waals surface area contributed by atoms with Crippen molar-refractivity contribution in [3.8, 4) is 11.5 Å². The molecule has 0 aromatic heterocycles. The normalized spacial score (nSPS) is 10.6. The largest absolute Gasteiger partial charge is 0.490 e. The van der Waals surface area contributed by atoms with Crippen molar-refractivity contribution >= 4 is 21.6 Å². The summed E-state index contributed by atoms with van der Waals surface area (Å²) in [5.74, 6) is 1.57. The molecule has 0 atom stereocenters. The lowest BCUT2D eigenvalue weighted by Gasteiger charge is -2.18. The monoisotopic (exact) mass is 479 g/mol. The summed E-state index contributed by atoms with van der Waals surface area (Å²) in [6.07, 6.45) is 2.62. The highest BCUT2D eigenvalue weighted by Crippen LogP contribution is 2.35. The smallest absolute Gasteiger partial charge is 0.165 e. The van der Waals surface area contributed by atoms with Crippen LogP contribution in [0.1, 0.15) is 34.7 Å². The lowest BCUT2D eigenvalue weighted by Crippen LogP contribution is -2.06. The molecule has 3 aromatic rings. The second-order valence-corrected chi connectivity index (χ2v) is 8.51. The predicted molar refractivity (Wildman–Crippen MR) is 133 cm³/mol. The fraction of sp³-hybridized carbons (Fsp3) is 0.259. The highest BCUT2D eigenvalue weighted by molar-refractivity contribution is 9.10. The van der Waals surface area contributed by atoms with E-state index in [1.165, 1.54) is 11.1 Å². The Bertz CT molecular complexity index is 1030. The first kappa shape index (κ1) is 23.0. The highest BCUT2D eigenvalue weighted by atomic mass is 79.9. The standard InChI is InChI=1S/C27H30BrNO2/c1-5-7-23-15-22(17-29-25-13-8-19(3)14-20(25)4)16-26(30-6-2)27(23)31-18-21-9-11-24(28)12-10-21/h5,8-16,29H,1,6-7,17-18H2,2-4H3. The Hall–Kier alpha value is -2.72. The molecule has 0 saturated heterocycles. The minimum Gasteiger partial charge on any atom is -0.490 e. The SMILES string of the molecule is C=CCc1cc(CNc2ccc(C)cc2C)cc(OCC)c1OCc1ccc(Br)cc1. The molecule has 0 unspecified atom stereocenters. The van der Waals surface area contributed by atoms with Crippen LogP contribution in [0.3, 0.4) is 0 Å². The van der Waals surface area contributed by atoms with Crippen molar-refractivity contribution in [1.29, 1.82) is 0 Å². The predicted octanol–water partition coefficient (Wildman–Crippen LogP) is 7.38. The third-order valence-corrected chi connectivity index (χ3v) is 5.55. The number of ether oxygens (including phenoxy) is 2. The van der Waals surface area contributed by atoms with E-state index in [1.54, 1.807) is 0 Å². The summed E-state index contributed by atoms with van der Waals surface area (Å²) in [5.41, 5.74) is 6.99. The van der Waals surface area contributed by atoms with Gasteiger partial charge in [-0.25, -0.2) is 0 Å². The number of hydrogen-bond acceptors (Lipinski definition) is 3. The van der Waals surface area contributed by atoms with Gasteiger partial charge in [0.2, 0.25) is 0 Å². The minimum absolute atomic E-state index is 0.484. The Morgan fingerprint density at radius 1 is 0.968 bits per heavy atom. The number of nitrogens with one attached hydrogen (secondary N) is 1. The van der Waals surface area contributed by atoms with Crippen LogP contribution >= 0.6 is 15.9 Å². The Balaban J connectivity index is 1.84. The molecule has 0 aliphatic heterocycles. The molecule has 0 heterocycles. The van der Waals surface area contributed by atoms with Gasteiger partial charge in [-0.2, -0.15) is 0 Å². The van der Waals surface area contributed by atoms with Crippen molar-refractivity contribution in [2.24, 2.45) is 0 Å². The fourth-order valence-corrected chi connectivity index (χ4v) is 3.77. The first-order valence-electron chi connectivity index (χ1n) is 10.6. The molecule has 3 aromatic carbocycles. The molecular formula is C27H30BrNO2. The van der Waals surface area contributed by atoms with Crippen LogP contribution in [0, 0.1) is 13.8 Å². The maximum absolute atomic E-state index is 6.24. The zero-order valence-corrected chi connectivity index (χ0v) is 20.1. The van der Waals surface area contributed by atoms with Crippen LogP contribution in [0.4, 0.5) is 5.69 Å². The summed E-state index contributed by atoms with van der Waals surface area (Å²) in [4.78, 5) is 0.